The van der Waals surface area contributed by atoms with Crippen LogP contribution in [0.2, 0.25) is 0 Å². The van der Waals surface area contributed by atoms with Gasteiger partial charge in [-0.15, -0.1) is 11.3 Å². The Labute approximate surface area is 141 Å². The second-order valence-corrected chi connectivity index (χ2v) is 5.77. The highest BCUT2D eigenvalue weighted by molar-refractivity contribution is 7.13. The highest BCUT2D eigenvalue weighted by atomic mass is 32.1. The van der Waals surface area contributed by atoms with Crippen molar-refractivity contribution in [2.24, 2.45) is 0 Å². The summed E-state index contributed by atoms with van der Waals surface area (Å²) in [5.41, 5.74) is 1.37. The summed E-state index contributed by atoms with van der Waals surface area (Å²) in [6, 6.07) is 5.56. The maximum absolute atomic E-state index is 11.2. The standard InChI is InChI=1S/C16H15N3O4S/c1-22-10-4-3-9(12(5-10)23-2)6-17-15-11-7-24-14(16(20)21)13(11)18-8-19-15/h3-5,7-8H,6H2,1-2H3,(H,20,21)(H,17,18,19). The van der Waals surface area contributed by atoms with Gasteiger partial charge in [0, 0.05) is 23.6 Å². The number of hydrogen-bond acceptors (Lipinski definition) is 7. The molecule has 0 unspecified atom stereocenters. The number of ether oxygens (including phenoxy) is 2. The summed E-state index contributed by atoms with van der Waals surface area (Å²) >= 11 is 1.14. The molecule has 2 heterocycles. The highest BCUT2D eigenvalue weighted by Crippen LogP contribution is 2.30. The van der Waals surface area contributed by atoms with Crippen LogP contribution in [0.1, 0.15) is 15.2 Å². The summed E-state index contributed by atoms with van der Waals surface area (Å²) in [4.78, 5) is 19.7. The van der Waals surface area contributed by atoms with E-state index in [1.807, 2.05) is 12.1 Å². The molecule has 2 aromatic heterocycles. The second-order valence-electron chi connectivity index (χ2n) is 4.89. The monoisotopic (exact) mass is 345 g/mol. The summed E-state index contributed by atoms with van der Waals surface area (Å²) in [7, 11) is 3.19. The van der Waals surface area contributed by atoms with E-state index in [1.54, 1.807) is 25.7 Å². The SMILES string of the molecule is COc1ccc(CNc2ncnc3c(C(=O)O)scc23)c(OC)c1. The highest BCUT2D eigenvalue weighted by Gasteiger charge is 2.15. The molecule has 0 aliphatic heterocycles. The van der Waals surface area contributed by atoms with Gasteiger partial charge in [-0.1, -0.05) is 0 Å². The number of aromatic carboxylic acids is 1. The molecule has 0 bridgehead atoms. The summed E-state index contributed by atoms with van der Waals surface area (Å²) in [6.45, 7) is 0.470. The lowest BCUT2D eigenvalue weighted by molar-refractivity contribution is 0.0704. The molecule has 0 amide bonds. The van der Waals surface area contributed by atoms with E-state index in [1.165, 1.54) is 6.33 Å². The lowest BCUT2D eigenvalue weighted by atomic mass is 10.2. The molecule has 0 spiro atoms. The number of fused-ring (bicyclic) bond motifs is 1. The fourth-order valence-corrected chi connectivity index (χ4v) is 3.17. The molecule has 0 saturated carbocycles. The molecule has 0 aliphatic carbocycles. The molecule has 0 atom stereocenters. The molecule has 1 aromatic carbocycles. The van der Waals surface area contributed by atoms with Crippen molar-refractivity contribution in [2.75, 3.05) is 19.5 Å². The van der Waals surface area contributed by atoms with Crippen LogP contribution in [0, 0.1) is 0 Å². The number of rotatable bonds is 6. The van der Waals surface area contributed by atoms with Gasteiger partial charge in [0.2, 0.25) is 0 Å². The predicted octanol–water partition coefficient (Wildman–Crippen LogP) is 3.02. The lowest BCUT2D eigenvalue weighted by Crippen LogP contribution is -2.04. The molecule has 124 valence electrons. The van der Waals surface area contributed by atoms with Crippen LogP contribution >= 0.6 is 11.3 Å². The number of thiophene rings is 1. The van der Waals surface area contributed by atoms with Crippen molar-refractivity contribution in [3.63, 3.8) is 0 Å². The number of nitrogens with one attached hydrogen (secondary N) is 1. The van der Waals surface area contributed by atoms with E-state index in [0.717, 1.165) is 16.9 Å². The topological polar surface area (TPSA) is 93.6 Å². The molecule has 24 heavy (non-hydrogen) atoms. The molecule has 3 rings (SSSR count). The predicted molar refractivity (Wildman–Crippen MR) is 91.2 cm³/mol. The zero-order valence-corrected chi connectivity index (χ0v) is 13.9. The zero-order chi connectivity index (χ0) is 17.1. The van der Waals surface area contributed by atoms with Gasteiger partial charge in [0.15, 0.2) is 0 Å². The molecule has 3 aromatic rings. The van der Waals surface area contributed by atoms with Gasteiger partial charge in [0.05, 0.1) is 19.6 Å². The van der Waals surface area contributed by atoms with Crippen LogP contribution in [0.5, 0.6) is 11.5 Å². The largest absolute Gasteiger partial charge is 0.497 e. The first-order valence-electron chi connectivity index (χ1n) is 7.04. The maximum Gasteiger partial charge on any atom is 0.348 e. The first kappa shape index (κ1) is 16.0. The fraction of sp³-hybridized carbons (Fsp3) is 0.188. The van der Waals surface area contributed by atoms with Gasteiger partial charge in [-0.25, -0.2) is 14.8 Å². The van der Waals surface area contributed by atoms with E-state index in [2.05, 4.69) is 15.3 Å². The van der Waals surface area contributed by atoms with Crippen molar-refractivity contribution in [3.8, 4) is 11.5 Å². The molecule has 2 N–H and O–H groups in total. The maximum atomic E-state index is 11.2. The first-order chi connectivity index (χ1) is 11.6. The van der Waals surface area contributed by atoms with Crippen LogP contribution in [0.15, 0.2) is 29.9 Å². The average Bonchev–Trinajstić information content (AvgIpc) is 3.04. The number of nitrogens with zero attached hydrogens (tertiary/aromatic N) is 2. The summed E-state index contributed by atoms with van der Waals surface area (Å²) in [5, 5.41) is 14.8. The van der Waals surface area contributed by atoms with Crippen LogP contribution in [0.4, 0.5) is 5.82 Å². The second kappa shape index (κ2) is 6.71. The van der Waals surface area contributed by atoms with Gasteiger partial charge in [-0.05, 0) is 12.1 Å². The molecule has 0 radical (unpaired) electrons. The van der Waals surface area contributed by atoms with Gasteiger partial charge in [0.1, 0.15) is 34.0 Å². The Hall–Kier alpha value is -2.87. The van der Waals surface area contributed by atoms with Crippen LogP contribution in [-0.2, 0) is 6.54 Å². The van der Waals surface area contributed by atoms with Crippen LogP contribution < -0.4 is 14.8 Å². The Kier molecular flexibility index (Phi) is 4.48. The Balaban J connectivity index is 1.87. The number of methoxy groups -OCH3 is 2. The molecule has 0 saturated heterocycles. The number of benzene rings is 1. The number of carboxylic acids is 1. The third-order valence-corrected chi connectivity index (χ3v) is 4.49. The Morgan fingerprint density at radius 1 is 1.29 bits per heavy atom. The first-order valence-corrected chi connectivity index (χ1v) is 7.92. The minimum absolute atomic E-state index is 0.206. The average molecular weight is 345 g/mol. The normalized spacial score (nSPS) is 10.6. The van der Waals surface area contributed by atoms with Crippen molar-refractivity contribution in [1.29, 1.82) is 0 Å². The summed E-state index contributed by atoms with van der Waals surface area (Å²) < 4.78 is 10.6. The quantitative estimate of drug-likeness (QED) is 0.709. The third-order valence-electron chi connectivity index (χ3n) is 3.53. The van der Waals surface area contributed by atoms with E-state index in [-0.39, 0.29) is 4.88 Å². The van der Waals surface area contributed by atoms with Crippen LogP contribution in [-0.4, -0.2) is 35.3 Å². The Bertz CT molecular complexity index is 894. The van der Waals surface area contributed by atoms with Crippen LogP contribution in [0.25, 0.3) is 10.9 Å². The molecule has 0 aliphatic rings. The van der Waals surface area contributed by atoms with Gasteiger partial charge < -0.3 is 19.9 Å². The summed E-state index contributed by atoms with van der Waals surface area (Å²) in [6.07, 6.45) is 1.36. The molecule has 8 heteroatoms. The van der Waals surface area contributed by atoms with E-state index in [4.69, 9.17) is 9.47 Å². The lowest BCUT2D eigenvalue weighted by Gasteiger charge is -2.12. The minimum atomic E-state index is -0.989. The zero-order valence-electron chi connectivity index (χ0n) is 13.1. The van der Waals surface area contributed by atoms with Crippen molar-refractivity contribution in [3.05, 3.63) is 40.3 Å². The number of carbonyl (C=O) groups is 1. The number of hydrogen-bond donors (Lipinski definition) is 2. The molecular formula is C16H15N3O4S. The fourth-order valence-electron chi connectivity index (χ4n) is 2.33. The van der Waals surface area contributed by atoms with Gasteiger partial charge >= 0.3 is 5.97 Å². The number of anilines is 1. The Morgan fingerprint density at radius 3 is 2.83 bits per heavy atom. The summed E-state index contributed by atoms with van der Waals surface area (Å²) in [5.74, 6) is 1.01. The van der Waals surface area contributed by atoms with Crippen molar-refractivity contribution in [2.45, 2.75) is 6.54 Å². The minimum Gasteiger partial charge on any atom is -0.497 e. The molecular weight excluding hydrogens is 330 g/mol. The van der Waals surface area contributed by atoms with E-state index in [9.17, 15) is 9.90 Å². The van der Waals surface area contributed by atoms with Gasteiger partial charge in [0.25, 0.3) is 0 Å². The van der Waals surface area contributed by atoms with Crippen molar-refractivity contribution >= 4 is 34.0 Å². The van der Waals surface area contributed by atoms with Crippen molar-refractivity contribution in [1.82, 2.24) is 9.97 Å². The molecule has 7 nitrogen and oxygen atoms in total. The Morgan fingerprint density at radius 2 is 2.12 bits per heavy atom. The van der Waals surface area contributed by atoms with Gasteiger partial charge in [-0.2, -0.15) is 0 Å². The van der Waals surface area contributed by atoms with E-state index < -0.39 is 5.97 Å². The number of aromatic nitrogens is 2. The van der Waals surface area contributed by atoms with E-state index in [0.29, 0.717) is 34.8 Å². The van der Waals surface area contributed by atoms with E-state index >= 15 is 0 Å². The third kappa shape index (κ3) is 2.95. The molecule has 0 fully saturated rings. The van der Waals surface area contributed by atoms with Crippen LogP contribution in [0.3, 0.4) is 0 Å². The van der Waals surface area contributed by atoms with Gasteiger partial charge in [-0.3, -0.25) is 0 Å². The smallest absolute Gasteiger partial charge is 0.348 e. The number of carboxylic acid groups (broad SMARTS) is 1. The van der Waals surface area contributed by atoms with Crippen molar-refractivity contribution < 1.29 is 19.4 Å².